The molecule has 1 aromatic heterocycles. The lowest BCUT2D eigenvalue weighted by Crippen LogP contribution is -2.26. The van der Waals surface area contributed by atoms with Crippen molar-refractivity contribution in [2.24, 2.45) is 0 Å². The van der Waals surface area contributed by atoms with E-state index in [2.05, 4.69) is 34.1 Å². The number of pyridine rings is 1. The number of fused-ring (bicyclic) bond motifs is 1. The zero-order chi connectivity index (χ0) is 17.1. The number of carbonyl (C=O) groups excluding carboxylic acids is 1. The Labute approximate surface area is 142 Å². The van der Waals surface area contributed by atoms with Gasteiger partial charge in [0.2, 0.25) is 0 Å². The molecule has 0 unspecified atom stereocenters. The first-order valence-electron chi connectivity index (χ1n) is 7.92. The quantitative estimate of drug-likeness (QED) is 0.737. The summed E-state index contributed by atoms with van der Waals surface area (Å²) in [5, 5.41) is 0.889. The average molecular weight is 319 g/mol. The van der Waals surface area contributed by atoms with E-state index >= 15 is 0 Å². The van der Waals surface area contributed by atoms with Gasteiger partial charge in [-0.3, -0.25) is 9.78 Å². The summed E-state index contributed by atoms with van der Waals surface area (Å²) in [6, 6.07) is 17.8. The minimum absolute atomic E-state index is 0.00489. The van der Waals surface area contributed by atoms with E-state index in [9.17, 15) is 4.79 Å². The molecule has 1 heterocycles. The summed E-state index contributed by atoms with van der Waals surface area (Å²) >= 11 is 0. The first-order valence-corrected chi connectivity index (χ1v) is 7.92. The van der Waals surface area contributed by atoms with E-state index in [1.807, 2.05) is 45.4 Å². The van der Waals surface area contributed by atoms with Gasteiger partial charge in [-0.1, -0.05) is 30.3 Å². The number of carbonyl (C=O) groups is 1. The minimum atomic E-state index is 0.00489. The van der Waals surface area contributed by atoms with Crippen LogP contribution in [-0.2, 0) is 6.54 Å². The van der Waals surface area contributed by atoms with Crippen LogP contribution in [0.3, 0.4) is 0 Å². The molecule has 0 radical (unpaired) electrons. The number of nitrogens with zero attached hydrogens (tertiary/aromatic N) is 3. The molecule has 4 heteroatoms. The topological polar surface area (TPSA) is 36.4 Å². The molecule has 24 heavy (non-hydrogen) atoms. The van der Waals surface area contributed by atoms with Crippen molar-refractivity contribution in [2.45, 2.75) is 6.54 Å². The third kappa shape index (κ3) is 3.23. The van der Waals surface area contributed by atoms with Gasteiger partial charge in [0.15, 0.2) is 0 Å². The van der Waals surface area contributed by atoms with Gasteiger partial charge in [0, 0.05) is 45.0 Å². The van der Waals surface area contributed by atoms with E-state index in [0.29, 0.717) is 12.1 Å². The molecule has 4 nitrogen and oxygen atoms in total. The molecule has 0 aliphatic heterocycles. The van der Waals surface area contributed by atoms with E-state index in [0.717, 1.165) is 22.2 Å². The SMILES string of the molecule is CN(Cc1ccc(N(C)C)cc1)C(=O)c1ccnc2ccccc12. The molecular formula is C20H21N3O. The number of benzene rings is 2. The van der Waals surface area contributed by atoms with Gasteiger partial charge in [0.05, 0.1) is 11.1 Å². The number of hydrogen-bond acceptors (Lipinski definition) is 3. The molecule has 3 aromatic rings. The number of amides is 1. The van der Waals surface area contributed by atoms with Crippen molar-refractivity contribution in [1.82, 2.24) is 9.88 Å². The number of hydrogen-bond donors (Lipinski definition) is 0. The maximum absolute atomic E-state index is 12.8. The zero-order valence-corrected chi connectivity index (χ0v) is 14.2. The average Bonchev–Trinajstić information content (AvgIpc) is 2.61. The smallest absolute Gasteiger partial charge is 0.254 e. The van der Waals surface area contributed by atoms with Gasteiger partial charge in [0.1, 0.15) is 0 Å². The molecule has 0 fully saturated rings. The third-order valence-corrected chi connectivity index (χ3v) is 4.10. The van der Waals surface area contributed by atoms with Crippen LogP contribution in [0.2, 0.25) is 0 Å². The highest BCUT2D eigenvalue weighted by Crippen LogP contribution is 2.19. The van der Waals surface area contributed by atoms with Gasteiger partial charge in [-0.05, 0) is 29.8 Å². The van der Waals surface area contributed by atoms with E-state index in [4.69, 9.17) is 0 Å². The second-order valence-electron chi connectivity index (χ2n) is 6.10. The van der Waals surface area contributed by atoms with Crippen LogP contribution >= 0.6 is 0 Å². The number of rotatable bonds is 4. The van der Waals surface area contributed by atoms with Gasteiger partial charge >= 0.3 is 0 Å². The molecule has 0 aliphatic rings. The highest BCUT2D eigenvalue weighted by Gasteiger charge is 2.15. The number of para-hydroxylation sites is 1. The van der Waals surface area contributed by atoms with Crippen molar-refractivity contribution in [3.05, 3.63) is 71.9 Å². The van der Waals surface area contributed by atoms with Crippen molar-refractivity contribution in [3.8, 4) is 0 Å². The third-order valence-electron chi connectivity index (χ3n) is 4.10. The van der Waals surface area contributed by atoms with Crippen molar-refractivity contribution in [3.63, 3.8) is 0 Å². The first-order chi connectivity index (χ1) is 11.6. The van der Waals surface area contributed by atoms with E-state index in [-0.39, 0.29) is 5.91 Å². The monoisotopic (exact) mass is 319 g/mol. The van der Waals surface area contributed by atoms with Crippen LogP contribution in [0.1, 0.15) is 15.9 Å². The predicted molar refractivity (Wildman–Crippen MR) is 98.3 cm³/mol. The van der Waals surface area contributed by atoms with Gasteiger partial charge < -0.3 is 9.80 Å². The largest absolute Gasteiger partial charge is 0.378 e. The van der Waals surface area contributed by atoms with Crippen LogP contribution in [0.15, 0.2) is 60.8 Å². The summed E-state index contributed by atoms with van der Waals surface area (Å²) in [6.45, 7) is 0.573. The summed E-state index contributed by atoms with van der Waals surface area (Å²) in [4.78, 5) is 20.9. The van der Waals surface area contributed by atoms with Crippen molar-refractivity contribution >= 4 is 22.5 Å². The number of anilines is 1. The van der Waals surface area contributed by atoms with Crippen molar-refractivity contribution < 1.29 is 4.79 Å². The molecule has 0 spiro atoms. The number of aromatic nitrogens is 1. The van der Waals surface area contributed by atoms with Crippen LogP contribution < -0.4 is 4.90 Å². The van der Waals surface area contributed by atoms with Crippen LogP contribution in [0.4, 0.5) is 5.69 Å². The summed E-state index contributed by atoms with van der Waals surface area (Å²) in [5.41, 5.74) is 3.78. The van der Waals surface area contributed by atoms with Crippen LogP contribution in [0, 0.1) is 0 Å². The maximum atomic E-state index is 12.8. The standard InChI is InChI=1S/C20H21N3O/c1-22(2)16-10-8-15(9-11-16)14-23(3)20(24)18-12-13-21-19-7-5-4-6-17(18)19/h4-13H,14H2,1-3H3. The van der Waals surface area contributed by atoms with E-state index in [1.54, 1.807) is 17.2 Å². The summed E-state index contributed by atoms with van der Waals surface area (Å²) in [7, 11) is 5.86. The van der Waals surface area contributed by atoms with Gasteiger partial charge in [0.25, 0.3) is 5.91 Å². The zero-order valence-electron chi connectivity index (χ0n) is 14.2. The second-order valence-corrected chi connectivity index (χ2v) is 6.10. The van der Waals surface area contributed by atoms with E-state index < -0.39 is 0 Å². The first kappa shape index (κ1) is 16.0. The summed E-state index contributed by atoms with van der Waals surface area (Å²) in [5.74, 6) is 0.00489. The fourth-order valence-corrected chi connectivity index (χ4v) is 2.73. The Balaban J connectivity index is 1.81. The predicted octanol–water partition coefficient (Wildman–Crippen LogP) is 3.57. The molecule has 122 valence electrons. The lowest BCUT2D eigenvalue weighted by molar-refractivity contribution is 0.0787. The molecule has 1 amide bonds. The Morgan fingerprint density at radius 1 is 0.958 bits per heavy atom. The maximum Gasteiger partial charge on any atom is 0.254 e. The molecular weight excluding hydrogens is 298 g/mol. The highest BCUT2D eigenvalue weighted by atomic mass is 16.2. The Bertz CT molecular complexity index is 851. The molecule has 3 rings (SSSR count). The Hall–Kier alpha value is -2.88. The Morgan fingerprint density at radius 2 is 1.67 bits per heavy atom. The van der Waals surface area contributed by atoms with Crippen LogP contribution in [0.5, 0.6) is 0 Å². The molecule has 0 bridgehead atoms. The normalized spacial score (nSPS) is 10.6. The molecule has 0 aliphatic carbocycles. The van der Waals surface area contributed by atoms with Crippen LogP contribution in [-0.4, -0.2) is 36.9 Å². The fourth-order valence-electron chi connectivity index (χ4n) is 2.73. The molecule has 0 atom stereocenters. The summed E-state index contributed by atoms with van der Waals surface area (Å²) in [6.07, 6.45) is 1.69. The van der Waals surface area contributed by atoms with Gasteiger partial charge in [-0.25, -0.2) is 0 Å². The van der Waals surface area contributed by atoms with Crippen LogP contribution in [0.25, 0.3) is 10.9 Å². The van der Waals surface area contributed by atoms with Gasteiger partial charge in [-0.15, -0.1) is 0 Å². The minimum Gasteiger partial charge on any atom is -0.378 e. The molecule has 0 saturated carbocycles. The Kier molecular flexibility index (Phi) is 4.47. The Morgan fingerprint density at radius 3 is 2.38 bits per heavy atom. The lowest BCUT2D eigenvalue weighted by Gasteiger charge is -2.19. The fraction of sp³-hybridized carbons (Fsp3) is 0.200. The van der Waals surface area contributed by atoms with Crippen molar-refractivity contribution in [1.29, 1.82) is 0 Å². The second kappa shape index (κ2) is 6.71. The lowest BCUT2D eigenvalue weighted by atomic mass is 10.1. The highest BCUT2D eigenvalue weighted by molar-refractivity contribution is 6.05. The van der Waals surface area contributed by atoms with Crippen molar-refractivity contribution in [2.75, 3.05) is 26.0 Å². The molecule has 0 saturated heterocycles. The van der Waals surface area contributed by atoms with E-state index in [1.165, 1.54) is 0 Å². The molecule has 0 N–H and O–H groups in total. The summed E-state index contributed by atoms with van der Waals surface area (Å²) < 4.78 is 0. The molecule has 2 aromatic carbocycles. The van der Waals surface area contributed by atoms with Gasteiger partial charge in [-0.2, -0.15) is 0 Å².